The second kappa shape index (κ2) is 9.56. The lowest BCUT2D eigenvalue weighted by Gasteiger charge is -2.19. The summed E-state index contributed by atoms with van der Waals surface area (Å²) in [5, 5.41) is 3.19. The van der Waals surface area contributed by atoms with E-state index in [1.54, 1.807) is 7.11 Å². The number of nitrogens with one attached hydrogen (secondary N) is 1. The summed E-state index contributed by atoms with van der Waals surface area (Å²) in [4.78, 5) is 13.2. The maximum atomic E-state index is 13.2. The van der Waals surface area contributed by atoms with Gasteiger partial charge in [0.1, 0.15) is 5.75 Å². The van der Waals surface area contributed by atoms with Gasteiger partial charge in [-0.1, -0.05) is 79.7 Å². The highest BCUT2D eigenvalue weighted by Crippen LogP contribution is 2.23. The molecule has 0 heterocycles. The van der Waals surface area contributed by atoms with Crippen LogP contribution in [0.4, 0.5) is 0 Å². The molecule has 3 aromatic rings. The Hall–Kier alpha value is -3.33. The monoisotopic (exact) mass is 371 g/mol. The first-order valence-electron chi connectivity index (χ1n) is 9.48. The molecule has 3 nitrogen and oxygen atoms in total. The minimum absolute atomic E-state index is 0.0309. The number of benzene rings is 3. The third-order valence-corrected chi connectivity index (χ3v) is 4.67. The zero-order chi connectivity index (χ0) is 19.8. The average Bonchev–Trinajstić information content (AvgIpc) is 2.77. The maximum Gasteiger partial charge on any atom is 0.252 e. The normalized spacial score (nSPS) is 12.3. The zero-order valence-corrected chi connectivity index (χ0v) is 16.3. The second-order valence-corrected chi connectivity index (χ2v) is 6.54. The predicted molar refractivity (Wildman–Crippen MR) is 115 cm³/mol. The smallest absolute Gasteiger partial charge is 0.252 e. The molecule has 1 atom stereocenters. The van der Waals surface area contributed by atoms with Crippen molar-refractivity contribution in [2.24, 2.45) is 0 Å². The van der Waals surface area contributed by atoms with Crippen molar-refractivity contribution in [1.82, 2.24) is 5.32 Å². The predicted octanol–water partition coefficient (Wildman–Crippen LogP) is 5.50. The Morgan fingerprint density at radius 3 is 2.11 bits per heavy atom. The molecule has 0 saturated heterocycles. The first-order chi connectivity index (χ1) is 13.7. The molecule has 0 aliphatic rings. The number of rotatable bonds is 7. The van der Waals surface area contributed by atoms with E-state index in [1.807, 2.05) is 91.0 Å². The number of amides is 1. The standard InChI is InChI=1S/C25H25NO2/c1-3-24(21-12-8-5-9-13-21)26-25(27)23(20-10-6-4-7-11-20)18-19-14-16-22(28-2)17-15-19/h4-18,24H,3H2,1-2H3,(H,26,27)/b23-18+. The van der Waals surface area contributed by atoms with Crippen LogP contribution in [0.15, 0.2) is 84.9 Å². The number of methoxy groups -OCH3 is 1. The average molecular weight is 371 g/mol. The van der Waals surface area contributed by atoms with Crippen molar-refractivity contribution in [3.63, 3.8) is 0 Å². The third-order valence-electron chi connectivity index (χ3n) is 4.67. The van der Waals surface area contributed by atoms with Crippen LogP contribution in [-0.4, -0.2) is 13.0 Å². The number of carbonyl (C=O) groups excluding carboxylic acids is 1. The largest absolute Gasteiger partial charge is 0.497 e. The van der Waals surface area contributed by atoms with Crippen LogP contribution >= 0.6 is 0 Å². The van der Waals surface area contributed by atoms with E-state index in [0.717, 1.165) is 28.9 Å². The van der Waals surface area contributed by atoms with Crippen LogP contribution in [0.2, 0.25) is 0 Å². The van der Waals surface area contributed by atoms with Crippen molar-refractivity contribution in [1.29, 1.82) is 0 Å². The van der Waals surface area contributed by atoms with Gasteiger partial charge in [0.2, 0.25) is 0 Å². The van der Waals surface area contributed by atoms with E-state index in [2.05, 4.69) is 12.2 Å². The first-order valence-corrected chi connectivity index (χ1v) is 9.48. The van der Waals surface area contributed by atoms with Crippen molar-refractivity contribution in [3.05, 3.63) is 102 Å². The molecule has 3 heteroatoms. The highest BCUT2D eigenvalue weighted by Gasteiger charge is 2.17. The summed E-state index contributed by atoms with van der Waals surface area (Å²) in [6, 6.07) is 27.5. The van der Waals surface area contributed by atoms with Crippen LogP contribution in [0.25, 0.3) is 11.6 Å². The Morgan fingerprint density at radius 2 is 1.54 bits per heavy atom. The lowest BCUT2D eigenvalue weighted by Crippen LogP contribution is -2.28. The molecule has 3 rings (SSSR count). The van der Waals surface area contributed by atoms with Crippen LogP contribution < -0.4 is 10.1 Å². The Morgan fingerprint density at radius 1 is 0.929 bits per heavy atom. The van der Waals surface area contributed by atoms with Crippen molar-refractivity contribution in [2.45, 2.75) is 19.4 Å². The molecule has 0 radical (unpaired) electrons. The molecular formula is C25H25NO2. The zero-order valence-electron chi connectivity index (χ0n) is 16.3. The number of hydrogen-bond acceptors (Lipinski definition) is 2. The van der Waals surface area contributed by atoms with Crippen molar-refractivity contribution >= 4 is 17.6 Å². The lowest BCUT2D eigenvalue weighted by atomic mass is 9.99. The van der Waals surface area contributed by atoms with Gasteiger partial charge in [0, 0.05) is 5.57 Å². The molecule has 28 heavy (non-hydrogen) atoms. The fourth-order valence-electron chi connectivity index (χ4n) is 3.11. The maximum absolute atomic E-state index is 13.2. The van der Waals surface area contributed by atoms with E-state index >= 15 is 0 Å². The van der Waals surface area contributed by atoms with E-state index in [1.165, 1.54) is 0 Å². The topological polar surface area (TPSA) is 38.3 Å². The molecule has 0 saturated carbocycles. The summed E-state index contributed by atoms with van der Waals surface area (Å²) in [7, 11) is 1.64. The fourth-order valence-corrected chi connectivity index (χ4v) is 3.11. The third kappa shape index (κ3) is 4.89. The van der Waals surface area contributed by atoms with Gasteiger partial charge in [-0.05, 0) is 41.3 Å². The summed E-state index contributed by atoms with van der Waals surface area (Å²) in [6.07, 6.45) is 2.74. The second-order valence-electron chi connectivity index (χ2n) is 6.54. The summed E-state index contributed by atoms with van der Waals surface area (Å²) in [5.41, 5.74) is 3.58. The summed E-state index contributed by atoms with van der Waals surface area (Å²) in [6.45, 7) is 2.08. The Bertz CT molecular complexity index is 916. The fraction of sp³-hybridized carbons (Fsp3) is 0.160. The van der Waals surface area contributed by atoms with Gasteiger partial charge >= 0.3 is 0 Å². The van der Waals surface area contributed by atoms with Gasteiger partial charge < -0.3 is 10.1 Å². The first kappa shape index (κ1) is 19.4. The van der Waals surface area contributed by atoms with Crippen LogP contribution in [0.5, 0.6) is 5.75 Å². The quantitative estimate of drug-likeness (QED) is 0.440. The van der Waals surface area contributed by atoms with Gasteiger partial charge in [-0.2, -0.15) is 0 Å². The Labute approximate surface area is 166 Å². The number of hydrogen-bond donors (Lipinski definition) is 1. The summed E-state index contributed by atoms with van der Waals surface area (Å²) >= 11 is 0. The van der Waals surface area contributed by atoms with Crippen LogP contribution in [-0.2, 0) is 4.79 Å². The lowest BCUT2D eigenvalue weighted by molar-refractivity contribution is -0.116. The van der Waals surface area contributed by atoms with Gasteiger partial charge in [0.25, 0.3) is 5.91 Å². The van der Waals surface area contributed by atoms with Crippen LogP contribution in [0, 0.1) is 0 Å². The van der Waals surface area contributed by atoms with Crippen LogP contribution in [0.3, 0.4) is 0 Å². The number of carbonyl (C=O) groups is 1. The molecule has 0 aliphatic carbocycles. The summed E-state index contributed by atoms with van der Waals surface area (Å²) in [5.74, 6) is 0.704. The highest BCUT2D eigenvalue weighted by atomic mass is 16.5. The van der Waals surface area contributed by atoms with Crippen LogP contribution in [0.1, 0.15) is 36.1 Å². The minimum Gasteiger partial charge on any atom is -0.497 e. The van der Waals surface area contributed by atoms with E-state index in [4.69, 9.17) is 4.74 Å². The highest BCUT2D eigenvalue weighted by molar-refractivity contribution is 6.24. The molecular weight excluding hydrogens is 346 g/mol. The van der Waals surface area contributed by atoms with E-state index in [9.17, 15) is 4.79 Å². The van der Waals surface area contributed by atoms with E-state index in [0.29, 0.717) is 5.57 Å². The molecule has 142 valence electrons. The molecule has 0 bridgehead atoms. The molecule has 0 spiro atoms. The van der Waals surface area contributed by atoms with Gasteiger partial charge in [0.05, 0.1) is 13.2 Å². The molecule has 0 aromatic heterocycles. The molecule has 0 fully saturated rings. The molecule has 1 unspecified atom stereocenters. The van der Waals surface area contributed by atoms with Gasteiger partial charge in [0.15, 0.2) is 0 Å². The Balaban J connectivity index is 1.92. The molecule has 1 amide bonds. The number of ether oxygens (including phenoxy) is 1. The summed E-state index contributed by atoms with van der Waals surface area (Å²) < 4.78 is 5.22. The van der Waals surface area contributed by atoms with Gasteiger partial charge in [-0.25, -0.2) is 0 Å². The van der Waals surface area contributed by atoms with Gasteiger partial charge in [-0.3, -0.25) is 4.79 Å². The Kier molecular flexibility index (Phi) is 6.64. The molecule has 1 N–H and O–H groups in total. The van der Waals surface area contributed by atoms with E-state index < -0.39 is 0 Å². The molecule has 3 aromatic carbocycles. The van der Waals surface area contributed by atoms with E-state index in [-0.39, 0.29) is 11.9 Å². The van der Waals surface area contributed by atoms with Gasteiger partial charge in [-0.15, -0.1) is 0 Å². The minimum atomic E-state index is -0.0854. The SMILES string of the molecule is CCC(NC(=O)/C(=C/c1ccc(OC)cc1)c1ccccc1)c1ccccc1. The molecule has 0 aliphatic heterocycles. The van der Waals surface area contributed by atoms with Crippen molar-refractivity contribution < 1.29 is 9.53 Å². The van der Waals surface area contributed by atoms with Crippen molar-refractivity contribution in [2.75, 3.05) is 7.11 Å². The van der Waals surface area contributed by atoms with Crippen molar-refractivity contribution in [3.8, 4) is 5.75 Å².